The largest absolute Gasteiger partial charge is 3.00 e. The fraction of sp³-hybridized carbons (Fsp3) is 0.188. The first-order chi connectivity index (χ1) is 23.0. The summed E-state index contributed by atoms with van der Waals surface area (Å²) in [6.07, 6.45) is 0. The molecule has 0 aliphatic rings. The van der Waals surface area contributed by atoms with Crippen molar-refractivity contribution in [1.29, 1.82) is 0 Å². The standard InChI is InChI=1S/3C16H17.Cr/c3*1-12-4-8-15(9-5-12)14(3)16-10-6-13(2)7-11-16;/h3*4-11H,1-3H3;/q3*-1;+3. The molecule has 0 aliphatic heterocycles. The second kappa shape index (κ2) is 18.9. The van der Waals surface area contributed by atoms with Gasteiger partial charge in [0.25, 0.3) is 0 Å². The zero-order chi connectivity index (χ0) is 34.6. The van der Waals surface area contributed by atoms with Gasteiger partial charge in [0.05, 0.1) is 0 Å². The summed E-state index contributed by atoms with van der Waals surface area (Å²) in [5.41, 5.74) is 15.6. The monoisotopic (exact) mass is 679 g/mol. The van der Waals surface area contributed by atoms with E-state index in [2.05, 4.69) is 208 Å². The Morgan fingerprint density at radius 1 is 0.224 bits per heavy atom. The second-order valence-corrected chi connectivity index (χ2v) is 13.1. The molecule has 1 heteroatoms. The van der Waals surface area contributed by atoms with Crippen LogP contribution in [-0.4, -0.2) is 0 Å². The molecule has 0 aliphatic carbocycles. The molecule has 249 valence electrons. The molecule has 0 heterocycles. The molecule has 6 rings (SSSR count). The Hall–Kier alpha value is -4.54. The van der Waals surface area contributed by atoms with Crippen molar-refractivity contribution in [3.8, 4) is 0 Å². The molecule has 6 aromatic rings. The van der Waals surface area contributed by atoms with E-state index in [-0.39, 0.29) is 17.4 Å². The average molecular weight is 680 g/mol. The fourth-order valence-corrected chi connectivity index (χ4v) is 5.32. The topological polar surface area (TPSA) is 0 Å². The van der Waals surface area contributed by atoms with Crippen LogP contribution >= 0.6 is 0 Å². The Labute approximate surface area is 308 Å². The number of aryl methyl sites for hydroxylation is 6. The van der Waals surface area contributed by atoms with E-state index in [9.17, 15) is 0 Å². The van der Waals surface area contributed by atoms with Gasteiger partial charge in [0, 0.05) is 0 Å². The van der Waals surface area contributed by atoms with Crippen LogP contribution in [0.25, 0.3) is 0 Å². The van der Waals surface area contributed by atoms with E-state index in [4.69, 9.17) is 0 Å². The predicted molar refractivity (Wildman–Crippen MR) is 208 cm³/mol. The van der Waals surface area contributed by atoms with E-state index in [1.807, 2.05) is 0 Å². The summed E-state index contributed by atoms with van der Waals surface area (Å²) in [5.74, 6) is 4.00. The third-order valence-corrected chi connectivity index (χ3v) is 8.91. The summed E-state index contributed by atoms with van der Waals surface area (Å²) in [6.45, 7) is 19.2. The third-order valence-electron chi connectivity index (χ3n) is 8.91. The van der Waals surface area contributed by atoms with Crippen molar-refractivity contribution in [3.63, 3.8) is 0 Å². The minimum atomic E-state index is 0. The molecule has 0 nitrogen and oxygen atoms in total. The predicted octanol–water partition coefficient (Wildman–Crippen LogP) is 12.9. The van der Waals surface area contributed by atoms with Gasteiger partial charge in [-0.15, -0.1) is 124 Å². The molecule has 1 radical (unpaired) electrons. The van der Waals surface area contributed by atoms with Crippen LogP contribution in [0.5, 0.6) is 0 Å². The molecule has 6 aromatic carbocycles. The van der Waals surface area contributed by atoms with Crippen LogP contribution in [0.1, 0.15) is 87.5 Å². The van der Waals surface area contributed by atoms with Crippen molar-refractivity contribution in [2.45, 2.75) is 62.3 Å². The summed E-state index contributed by atoms with van der Waals surface area (Å²) >= 11 is 0. The van der Waals surface area contributed by atoms with Crippen LogP contribution in [0.3, 0.4) is 0 Å². The van der Waals surface area contributed by atoms with Crippen LogP contribution in [0, 0.1) is 59.3 Å². The summed E-state index contributed by atoms with van der Waals surface area (Å²) in [6, 6.07) is 52.1. The number of benzene rings is 6. The Balaban J connectivity index is 0.000000197. The van der Waals surface area contributed by atoms with Crippen molar-refractivity contribution in [2.24, 2.45) is 0 Å². The van der Waals surface area contributed by atoms with Crippen molar-refractivity contribution < 1.29 is 17.4 Å². The molecule has 0 fully saturated rings. The Kier molecular flexibility index (Phi) is 15.0. The van der Waals surface area contributed by atoms with Crippen molar-refractivity contribution in [2.75, 3.05) is 0 Å². The van der Waals surface area contributed by atoms with E-state index in [1.54, 1.807) is 0 Å². The normalized spacial score (nSPS) is 9.98. The molecule has 0 bridgehead atoms. The zero-order valence-corrected chi connectivity index (χ0v) is 32.0. The molecule has 0 saturated heterocycles. The first-order valence-electron chi connectivity index (χ1n) is 16.9. The van der Waals surface area contributed by atoms with Gasteiger partial charge in [0.15, 0.2) is 0 Å². The molecule has 0 atom stereocenters. The van der Waals surface area contributed by atoms with E-state index in [1.165, 1.54) is 84.5 Å². The molecule has 0 amide bonds. The maximum Gasteiger partial charge on any atom is 3.00 e. The molecule has 0 saturated carbocycles. The Morgan fingerprint density at radius 2 is 0.327 bits per heavy atom. The molecule has 0 unspecified atom stereocenters. The molecule has 0 spiro atoms. The van der Waals surface area contributed by atoms with Crippen LogP contribution in [0.15, 0.2) is 146 Å². The van der Waals surface area contributed by atoms with E-state index < -0.39 is 0 Å². The van der Waals surface area contributed by atoms with Crippen molar-refractivity contribution >= 4 is 0 Å². The van der Waals surface area contributed by atoms with Crippen molar-refractivity contribution in [3.05, 3.63) is 230 Å². The van der Waals surface area contributed by atoms with E-state index in [0.29, 0.717) is 0 Å². The van der Waals surface area contributed by atoms with Gasteiger partial charge in [-0.2, -0.15) is 0 Å². The number of rotatable bonds is 6. The van der Waals surface area contributed by atoms with Gasteiger partial charge in [-0.1, -0.05) is 127 Å². The summed E-state index contributed by atoms with van der Waals surface area (Å²) in [5, 5.41) is 0. The first-order valence-corrected chi connectivity index (χ1v) is 16.9. The molecule has 49 heavy (non-hydrogen) atoms. The van der Waals surface area contributed by atoms with E-state index in [0.717, 1.165) is 0 Å². The van der Waals surface area contributed by atoms with Gasteiger partial charge >= 0.3 is 17.4 Å². The Morgan fingerprint density at radius 3 is 0.429 bits per heavy atom. The molecule has 0 N–H and O–H groups in total. The summed E-state index contributed by atoms with van der Waals surface area (Å²) < 4.78 is 0. The average Bonchev–Trinajstić information content (AvgIpc) is 3.10. The van der Waals surface area contributed by atoms with Crippen molar-refractivity contribution in [1.82, 2.24) is 0 Å². The quantitative estimate of drug-likeness (QED) is 0.154. The van der Waals surface area contributed by atoms with Gasteiger partial charge in [-0.05, 0) is 41.5 Å². The SMILES string of the molecule is Cc1ccc([C-](C)c2ccc(C)cc2)cc1.Cc1ccc([C-](C)c2ccc(C)cc2)cc1.Cc1ccc([C-](C)c2ccc(C)cc2)cc1.[Cr+3]. The van der Waals surface area contributed by atoms with E-state index >= 15 is 0 Å². The molecular weight excluding hydrogens is 629 g/mol. The van der Waals surface area contributed by atoms with Crippen LogP contribution in [-0.2, 0) is 17.4 Å². The maximum atomic E-state index is 2.19. The summed E-state index contributed by atoms with van der Waals surface area (Å²) in [7, 11) is 0. The number of hydrogen-bond acceptors (Lipinski definition) is 0. The molecule has 0 aromatic heterocycles. The summed E-state index contributed by atoms with van der Waals surface area (Å²) in [4.78, 5) is 0. The third kappa shape index (κ3) is 11.8. The smallest absolute Gasteiger partial charge is 0.121 e. The van der Waals surface area contributed by atoms with Crippen LogP contribution in [0.2, 0.25) is 0 Å². The van der Waals surface area contributed by atoms with Gasteiger partial charge in [-0.3, -0.25) is 0 Å². The second-order valence-electron chi connectivity index (χ2n) is 13.1. The van der Waals surface area contributed by atoms with Gasteiger partial charge in [0.2, 0.25) is 0 Å². The molecular formula is C48H51Cr. The van der Waals surface area contributed by atoms with Gasteiger partial charge < -0.3 is 0 Å². The van der Waals surface area contributed by atoms with Gasteiger partial charge in [-0.25, -0.2) is 0 Å². The van der Waals surface area contributed by atoms with Crippen LogP contribution < -0.4 is 0 Å². The maximum absolute atomic E-state index is 2.19. The zero-order valence-electron chi connectivity index (χ0n) is 30.8. The minimum Gasteiger partial charge on any atom is -0.121 e. The Bertz CT molecular complexity index is 1440. The first kappa shape index (κ1) is 38.9. The minimum absolute atomic E-state index is 0. The van der Waals surface area contributed by atoms with Gasteiger partial charge in [0.1, 0.15) is 0 Å². The van der Waals surface area contributed by atoms with Crippen LogP contribution in [0.4, 0.5) is 0 Å². The number of hydrogen-bond donors (Lipinski definition) is 0. The fourth-order valence-electron chi connectivity index (χ4n) is 5.32.